The van der Waals surface area contributed by atoms with Gasteiger partial charge >= 0.3 is 6.18 Å². The van der Waals surface area contributed by atoms with E-state index in [1.807, 2.05) is 24.3 Å². The van der Waals surface area contributed by atoms with E-state index in [-0.39, 0.29) is 6.04 Å². The molecule has 1 heterocycles. The maximum Gasteiger partial charge on any atom is 0.401 e. The molecule has 2 unspecified atom stereocenters. The lowest BCUT2D eigenvalue weighted by Crippen LogP contribution is -2.50. The topological polar surface area (TPSA) is 24.5 Å². The van der Waals surface area contributed by atoms with Crippen molar-refractivity contribution in [1.29, 1.82) is 0 Å². The van der Waals surface area contributed by atoms with Crippen molar-refractivity contribution in [1.82, 2.24) is 5.32 Å². The number of hydrogen-bond donors (Lipinski definition) is 1. The van der Waals surface area contributed by atoms with Gasteiger partial charge in [0.25, 0.3) is 0 Å². The lowest BCUT2D eigenvalue weighted by atomic mass is 9.95. The minimum atomic E-state index is -4.17. The molecule has 1 aromatic carbocycles. The molecule has 1 saturated heterocycles. The summed E-state index contributed by atoms with van der Waals surface area (Å²) in [6.07, 6.45) is -3.40. The molecule has 0 aliphatic carbocycles. The number of piperidine rings is 1. The fourth-order valence-electron chi connectivity index (χ4n) is 2.78. The van der Waals surface area contributed by atoms with E-state index < -0.39 is 12.7 Å². The summed E-state index contributed by atoms with van der Waals surface area (Å²) in [5, 5.41) is 2.62. The number of nitrogens with one attached hydrogen (secondary N) is 1. The van der Waals surface area contributed by atoms with Crippen molar-refractivity contribution in [2.75, 3.05) is 31.6 Å². The van der Waals surface area contributed by atoms with Crippen LogP contribution in [0.1, 0.15) is 13.3 Å². The third-order valence-electron chi connectivity index (χ3n) is 3.67. The van der Waals surface area contributed by atoms with Gasteiger partial charge in [-0.1, -0.05) is 13.0 Å². The summed E-state index contributed by atoms with van der Waals surface area (Å²) in [6.45, 7) is 2.55. The highest BCUT2D eigenvalue weighted by atomic mass is 19.4. The predicted molar refractivity (Wildman–Crippen MR) is 76.8 cm³/mol. The highest BCUT2D eigenvalue weighted by Gasteiger charge is 2.31. The second-order valence-electron chi connectivity index (χ2n) is 5.64. The van der Waals surface area contributed by atoms with Gasteiger partial charge in [0.15, 0.2) is 0 Å². The lowest BCUT2D eigenvalue weighted by molar-refractivity contribution is -0.126. The Hall–Kier alpha value is -1.43. The summed E-state index contributed by atoms with van der Waals surface area (Å²) in [5.41, 5.74) is 0.986. The second kappa shape index (κ2) is 6.56. The molecule has 0 bridgehead atoms. The summed E-state index contributed by atoms with van der Waals surface area (Å²) in [7, 11) is 1.60. The van der Waals surface area contributed by atoms with Crippen LogP contribution in [-0.4, -0.2) is 39.0 Å². The number of hydrogen-bond acceptors (Lipinski definition) is 3. The normalized spacial score (nSPS) is 23.2. The quantitative estimate of drug-likeness (QED) is 0.925. The Morgan fingerprint density at radius 3 is 2.76 bits per heavy atom. The first kappa shape index (κ1) is 15.9. The standard InChI is InChI=1S/C15H21F3N2O/c1-11-6-12(19-10-15(16,17)18)9-20(8-11)13-4-3-5-14(7-13)21-2/h3-5,7,11-12,19H,6,8-10H2,1-2H3. The van der Waals surface area contributed by atoms with Gasteiger partial charge in [0.05, 0.1) is 13.7 Å². The van der Waals surface area contributed by atoms with Gasteiger partial charge in [-0.2, -0.15) is 13.2 Å². The van der Waals surface area contributed by atoms with Gasteiger partial charge in [-0.05, 0) is 24.5 Å². The average molecular weight is 302 g/mol. The number of alkyl halides is 3. The molecule has 1 aliphatic heterocycles. The van der Waals surface area contributed by atoms with Crippen LogP contribution in [0, 0.1) is 5.92 Å². The lowest BCUT2D eigenvalue weighted by Gasteiger charge is -2.38. The van der Waals surface area contributed by atoms with Gasteiger partial charge in [0, 0.05) is 30.9 Å². The molecule has 118 valence electrons. The van der Waals surface area contributed by atoms with E-state index >= 15 is 0 Å². The molecule has 6 heteroatoms. The van der Waals surface area contributed by atoms with Crippen LogP contribution in [0.2, 0.25) is 0 Å². The largest absolute Gasteiger partial charge is 0.497 e. The van der Waals surface area contributed by atoms with Crippen LogP contribution in [-0.2, 0) is 0 Å². The Bertz CT molecular complexity index is 464. The first-order valence-electron chi connectivity index (χ1n) is 7.06. The highest BCUT2D eigenvalue weighted by Crippen LogP contribution is 2.26. The van der Waals surface area contributed by atoms with Crippen molar-refractivity contribution >= 4 is 5.69 Å². The van der Waals surface area contributed by atoms with Crippen LogP contribution in [0.25, 0.3) is 0 Å². The molecular weight excluding hydrogens is 281 g/mol. The van der Waals surface area contributed by atoms with E-state index in [1.165, 1.54) is 0 Å². The van der Waals surface area contributed by atoms with Gasteiger partial charge in [0.2, 0.25) is 0 Å². The zero-order valence-electron chi connectivity index (χ0n) is 12.3. The SMILES string of the molecule is COc1cccc(N2CC(C)CC(NCC(F)(F)F)C2)c1. The van der Waals surface area contributed by atoms with Crippen molar-refractivity contribution < 1.29 is 17.9 Å². The zero-order valence-corrected chi connectivity index (χ0v) is 12.3. The maximum absolute atomic E-state index is 12.3. The van der Waals surface area contributed by atoms with Crippen LogP contribution < -0.4 is 15.0 Å². The number of ether oxygens (including phenoxy) is 1. The molecule has 1 aromatic rings. The van der Waals surface area contributed by atoms with Gasteiger partial charge in [-0.25, -0.2) is 0 Å². The van der Waals surface area contributed by atoms with Crippen molar-refractivity contribution in [3.8, 4) is 5.75 Å². The van der Waals surface area contributed by atoms with Crippen molar-refractivity contribution in [3.63, 3.8) is 0 Å². The van der Waals surface area contributed by atoms with Crippen molar-refractivity contribution in [2.24, 2.45) is 5.92 Å². The number of nitrogens with zero attached hydrogens (tertiary/aromatic N) is 1. The molecule has 0 saturated carbocycles. The van der Waals surface area contributed by atoms with E-state index in [2.05, 4.69) is 17.1 Å². The molecule has 0 amide bonds. The molecule has 3 nitrogen and oxygen atoms in total. The van der Waals surface area contributed by atoms with E-state index in [4.69, 9.17) is 4.74 Å². The number of anilines is 1. The van der Waals surface area contributed by atoms with Crippen LogP contribution in [0.5, 0.6) is 5.75 Å². The Morgan fingerprint density at radius 1 is 1.33 bits per heavy atom. The third-order valence-corrected chi connectivity index (χ3v) is 3.67. The molecule has 0 radical (unpaired) electrons. The third kappa shape index (κ3) is 4.81. The van der Waals surface area contributed by atoms with Gasteiger partial charge in [0.1, 0.15) is 5.75 Å². The predicted octanol–water partition coefficient (Wildman–Crippen LogP) is 3.06. The highest BCUT2D eigenvalue weighted by molar-refractivity contribution is 5.51. The molecule has 0 spiro atoms. The monoisotopic (exact) mass is 302 g/mol. The molecule has 0 aromatic heterocycles. The van der Waals surface area contributed by atoms with E-state index in [0.29, 0.717) is 12.5 Å². The first-order valence-corrected chi connectivity index (χ1v) is 7.06. The molecule has 2 atom stereocenters. The minimum Gasteiger partial charge on any atom is -0.497 e. The van der Waals surface area contributed by atoms with Gasteiger partial charge in [-0.15, -0.1) is 0 Å². The van der Waals surface area contributed by atoms with Crippen molar-refractivity contribution in [2.45, 2.75) is 25.6 Å². The maximum atomic E-state index is 12.3. The Kier molecular flexibility index (Phi) is 4.98. The fraction of sp³-hybridized carbons (Fsp3) is 0.600. The average Bonchev–Trinajstić information content (AvgIpc) is 2.44. The summed E-state index contributed by atoms with van der Waals surface area (Å²) >= 11 is 0. The summed E-state index contributed by atoms with van der Waals surface area (Å²) in [5.74, 6) is 1.10. The van der Waals surface area contributed by atoms with Crippen LogP contribution in [0.15, 0.2) is 24.3 Å². The van der Waals surface area contributed by atoms with Gasteiger partial charge < -0.3 is 15.0 Å². The second-order valence-corrected chi connectivity index (χ2v) is 5.64. The first-order chi connectivity index (χ1) is 9.87. The number of methoxy groups -OCH3 is 1. The molecule has 21 heavy (non-hydrogen) atoms. The van der Waals surface area contributed by atoms with Crippen molar-refractivity contribution in [3.05, 3.63) is 24.3 Å². The fourth-order valence-corrected chi connectivity index (χ4v) is 2.78. The molecule has 1 fully saturated rings. The molecule has 2 rings (SSSR count). The zero-order chi connectivity index (χ0) is 15.5. The Morgan fingerprint density at radius 2 is 2.10 bits per heavy atom. The van der Waals surface area contributed by atoms with E-state index in [0.717, 1.165) is 24.4 Å². The number of halogens is 3. The smallest absolute Gasteiger partial charge is 0.401 e. The molecular formula is C15H21F3N2O. The van der Waals surface area contributed by atoms with E-state index in [1.54, 1.807) is 7.11 Å². The van der Waals surface area contributed by atoms with Crippen LogP contribution in [0.4, 0.5) is 18.9 Å². The van der Waals surface area contributed by atoms with Crippen LogP contribution >= 0.6 is 0 Å². The Balaban J connectivity index is 2.02. The molecule has 1 aliphatic rings. The summed E-state index contributed by atoms with van der Waals surface area (Å²) < 4.78 is 42.2. The van der Waals surface area contributed by atoms with E-state index in [9.17, 15) is 13.2 Å². The Labute approximate surface area is 123 Å². The summed E-state index contributed by atoms with van der Waals surface area (Å²) in [4.78, 5) is 2.12. The minimum absolute atomic E-state index is 0.151. The molecule has 1 N–H and O–H groups in total. The van der Waals surface area contributed by atoms with Crippen LogP contribution in [0.3, 0.4) is 0 Å². The summed E-state index contributed by atoms with van der Waals surface area (Å²) in [6, 6.07) is 7.48. The number of rotatable bonds is 4. The number of benzene rings is 1. The van der Waals surface area contributed by atoms with Gasteiger partial charge in [-0.3, -0.25) is 0 Å².